The zero-order valence-corrected chi connectivity index (χ0v) is 11.7. The summed E-state index contributed by atoms with van der Waals surface area (Å²) in [5, 5.41) is 13.7. The van der Waals surface area contributed by atoms with E-state index in [0.29, 0.717) is 24.0 Å². The van der Waals surface area contributed by atoms with E-state index in [1.165, 1.54) is 10.9 Å². The molecule has 1 aliphatic heterocycles. The number of aromatic nitrogens is 2. The zero-order chi connectivity index (χ0) is 14.3. The summed E-state index contributed by atoms with van der Waals surface area (Å²) in [5.74, 6) is -0.725. The maximum absolute atomic E-state index is 12.2. The van der Waals surface area contributed by atoms with Crippen molar-refractivity contribution in [2.45, 2.75) is 19.4 Å². The Kier molecular flexibility index (Phi) is 3.41. The van der Waals surface area contributed by atoms with E-state index in [-0.39, 0.29) is 18.4 Å². The fraction of sp³-hybridized carbons (Fsp3) is 0.615. The highest BCUT2D eigenvalue weighted by molar-refractivity contribution is 6.30. The molecule has 2 atom stereocenters. The second kappa shape index (κ2) is 5.09. The summed E-state index contributed by atoms with van der Waals surface area (Å²) >= 11 is 5.76. The SMILES string of the molecule is O=C(O)[C@@H]1CN(C(=O)Cn2cc(Cl)cn2)C[C@H]1C1CC1. The summed E-state index contributed by atoms with van der Waals surface area (Å²) in [7, 11) is 0. The number of carbonyl (C=O) groups excluding carboxylic acids is 1. The number of carbonyl (C=O) groups is 2. The van der Waals surface area contributed by atoms with Gasteiger partial charge in [-0.05, 0) is 24.7 Å². The molecular formula is C13H16ClN3O3. The van der Waals surface area contributed by atoms with Gasteiger partial charge in [-0.2, -0.15) is 5.10 Å². The Morgan fingerprint density at radius 2 is 2.15 bits per heavy atom. The largest absolute Gasteiger partial charge is 0.481 e. The van der Waals surface area contributed by atoms with Crippen molar-refractivity contribution in [2.24, 2.45) is 17.8 Å². The second-order valence-corrected chi connectivity index (χ2v) is 6.04. The molecule has 108 valence electrons. The van der Waals surface area contributed by atoms with Gasteiger partial charge in [-0.3, -0.25) is 14.3 Å². The fourth-order valence-electron chi connectivity index (χ4n) is 2.96. The maximum Gasteiger partial charge on any atom is 0.308 e. The second-order valence-electron chi connectivity index (χ2n) is 5.60. The standard InChI is InChI=1S/C13H16ClN3O3/c14-9-3-15-17(4-9)7-12(18)16-5-10(8-1-2-8)11(6-16)13(19)20/h3-4,8,10-11H,1-2,5-7H2,(H,19,20)/t10-,11+/m0/s1. The first-order valence-electron chi connectivity index (χ1n) is 6.73. The molecule has 1 amide bonds. The Morgan fingerprint density at radius 3 is 2.70 bits per heavy atom. The minimum Gasteiger partial charge on any atom is -0.481 e. The van der Waals surface area contributed by atoms with Gasteiger partial charge >= 0.3 is 5.97 Å². The first-order valence-corrected chi connectivity index (χ1v) is 7.11. The van der Waals surface area contributed by atoms with Gasteiger partial charge in [0.05, 0.1) is 17.1 Å². The van der Waals surface area contributed by atoms with Crippen molar-refractivity contribution in [3.8, 4) is 0 Å². The van der Waals surface area contributed by atoms with Crippen LogP contribution in [0.2, 0.25) is 5.02 Å². The van der Waals surface area contributed by atoms with Crippen LogP contribution in [0.4, 0.5) is 0 Å². The molecule has 7 heteroatoms. The van der Waals surface area contributed by atoms with Gasteiger partial charge in [0.15, 0.2) is 0 Å². The molecule has 1 aromatic rings. The average molecular weight is 298 g/mol. The summed E-state index contributed by atoms with van der Waals surface area (Å²) in [5.41, 5.74) is 0. The minimum absolute atomic E-state index is 0.0980. The van der Waals surface area contributed by atoms with Gasteiger partial charge in [0.1, 0.15) is 6.54 Å². The quantitative estimate of drug-likeness (QED) is 0.903. The van der Waals surface area contributed by atoms with Crippen LogP contribution in [0.15, 0.2) is 12.4 Å². The monoisotopic (exact) mass is 297 g/mol. The van der Waals surface area contributed by atoms with Crippen LogP contribution in [0.1, 0.15) is 12.8 Å². The van der Waals surface area contributed by atoms with Gasteiger partial charge < -0.3 is 10.0 Å². The van der Waals surface area contributed by atoms with Crippen molar-refractivity contribution in [3.05, 3.63) is 17.4 Å². The van der Waals surface area contributed by atoms with E-state index in [9.17, 15) is 14.7 Å². The topological polar surface area (TPSA) is 75.4 Å². The van der Waals surface area contributed by atoms with Gasteiger partial charge in [-0.15, -0.1) is 0 Å². The smallest absolute Gasteiger partial charge is 0.308 e. The van der Waals surface area contributed by atoms with Gasteiger partial charge in [0, 0.05) is 19.3 Å². The molecule has 20 heavy (non-hydrogen) atoms. The molecule has 1 aliphatic carbocycles. The lowest BCUT2D eigenvalue weighted by molar-refractivity contribution is -0.142. The van der Waals surface area contributed by atoms with Gasteiger partial charge in [-0.25, -0.2) is 0 Å². The highest BCUT2D eigenvalue weighted by Gasteiger charge is 2.46. The molecule has 1 aromatic heterocycles. The average Bonchev–Trinajstić information content (AvgIpc) is 3.00. The molecular weight excluding hydrogens is 282 g/mol. The predicted octanol–water partition coefficient (Wildman–Crippen LogP) is 1.11. The Bertz CT molecular complexity index is 541. The van der Waals surface area contributed by atoms with Crippen LogP contribution in [0.5, 0.6) is 0 Å². The van der Waals surface area contributed by atoms with Crippen LogP contribution in [-0.4, -0.2) is 44.8 Å². The molecule has 1 saturated heterocycles. The molecule has 3 rings (SSSR count). The molecule has 0 aromatic carbocycles. The molecule has 2 heterocycles. The van der Waals surface area contributed by atoms with Crippen molar-refractivity contribution >= 4 is 23.5 Å². The Hall–Kier alpha value is -1.56. The van der Waals surface area contributed by atoms with Crippen molar-refractivity contribution in [1.29, 1.82) is 0 Å². The normalized spacial score (nSPS) is 25.9. The predicted molar refractivity (Wildman–Crippen MR) is 71.2 cm³/mol. The molecule has 1 N–H and O–H groups in total. The number of rotatable bonds is 4. The van der Waals surface area contributed by atoms with E-state index in [1.54, 1.807) is 11.1 Å². The number of hydrogen-bond donors (Lipinski definition) is 1. The molecule has 0 bridgehead atoms. The summed E-state index contributed by atoms with van der Waals surface area (Å²) in [6.07, 6.45) is 5.24. The molecule has 0 spiro atoms. The lowest BCUT2D eigenvalue weighted by Gasteiger charge is -2.16. The van der Waals surface area contributed by atoms with Crippen LogP contribution in [0, 0.1) is 17.8 Å². The van der Waals surface area contributed by atoms with Crippen LogP contribution in [0.25, 0.3) is 0 Å². The van der Waals surface area contributed by atoms with E-state index in [4.69, 9.17) is 11.6 Å². The zero-order valence-electron chi connectivity index (χ0n) is 10.9. The number of carboxylic acids is 1. The lowest BCUT2D eigenvalue weighted by Crippen LogP contribution is -2.33. The van der Waals surface area contributed by atoms with Crippen LogP contribution < -0.4 is 0 Å². The van der Waals surface area contributed by atoms with Crippen LogP contribution in [-0.2, 0) is 16.1 Å². The van der Waals surface area contributed by atoms with E-state index in [2.05, 4.69) is 5.10 Å². The number of hydrogen-bond acceptors (Lipinski definition) is 3. The molecule has 6 nitrogen and oxygen atoms in total. The number of aliphatic carboxylic acids is 1. The number of halogens is 1. The third-order valence-corrected chi connectivity index (χ3v) is 4.36. The third kappa shape index (κ3) is 2.65. The molecule has 2 fully saturated rings. The maximum atomic E-state index is 12.2. The first-order chi connectivity index (χ1) is 9.54. The van der Waals surface area contributed by atoms with Gasteiger partial charge in [0.25, 0.3) is 0 Å². The third-order valence-electron chi connectivity index (χ3n) is 4.16. The number of amides is 1. The van der Waals surface area contributed by atoms with E-state index in [1.807, 2.05) is 0 Å². The van der Waals surface area contributed by atoms with E-state index in [0.717, 1.165) is 12.8 Å². The van der Waals surface area contributed by atoms with Crippen molar-refractivity contribution in [1.82, 2.24) is 14.7 Å². The van der Waals surface area contributed by atoms with E-state index < -0.39 is 11.9 Å². The number of likely N-dealkylation sites (tertiary alicyclic amines) is 1. The first kappa shape index (κ1) is 13.4. The molecule has 1 saturated carbocycles. The minimum atomic E-state index is -0.792. The Morgan fingerprint density at radius 1 is 1.40 bits per heavy atom. The van der Waals surface area contributed by atoms with Crippen molar-refractivity contribution in [3.63, 3.8) is 0 Å². The summed E-state index contributed by atoms with van der Waals surface area (Å²) in [4.78, 5) is 25.2. The van der Waals surface area contributed by atoms with Crippen molar-refractivity contribution in [2.75, 3.05) is 13.1 Å². The highest BCUT2D eigenvalue weighted by atomic mass is 35.5. The number of carboxylic acid groups (broad SMARTS) is 1. The Labute approximate surface area is 121 Å². The summed E-state index contributed by atoms with van der Waals surface area (Å²) in [6, 6.07) is 0. The molecule has 2 aliphatic rings. The van der Waals surface area contributed by atoms with Crippen molar-refractivity contribution < 1.29 is 14.7 Å². The summed E-state index contributed by atoms with van der Waals surface area (Å²) < 4.78 is 1.48. The van der Waals surface area contributed by atoms with E-state index >= 15 is 0 Å². The molecule has 0 radical (unpaired) electrons. The lowest BCUT2D eigenvalue weighted by atomic mass is 9.92. The highest BCUT2D eigenvalue weighted by Crippen LogP contribution is 2.44. The molecule has 0 unspecified atom stereocenters. The van der Waals surface area contributed by atoms with Crippen LogP contribution in [0.3, 0.4) is 0 Å². The fourth-order valence-corrected chi connectivity index (χ4v) is 3.12. The number of nitrogens with zero attached hydrogens (tertiary/aromatic N) is 3. The Balaban J connectivity index is 1.65. The van der Waals surface area contributed by atoms with Crippen LogP contribution >= 0.6 is 11.6 Å². The summed E-state index contributed by atoms with van der Waals surface area (Å²) in [6.45, 7) is 0.968. The van der Waals surface area contributed by atoms with Gasteiger partial charge in [-0.1, -0.05) is 11.6 Å². The van der Waals surface area contributed by atoms with Gasteiger partial charge in [0.2, 0.25) is 5.91 Å².